The first-order valence-electron chi connectivity index (χ1n) is 10.0. The van der Waals surface area contributed by atoms with Crippen molar-refractivity contribution in [2.24, 2.45) is 11.8 Å². The van der Waals surface area contributed by atoms with Gasteiger partial charge in [0, 0.05) is 11.7 Å². The van der Waals surface area contributed by atoms with Gasteiger partial charge in [0.1, 0.15) is 5.69 Å². The van der Waals surface area contributed by atoms with Crippen molar-refractivity contribution in [3.63, 3.8) is 0 Å². The van der Waals surface area contributed by atoms with Gasteiger partial charge in [-0.3, -0.25) is 4.79 Å². The Morgan fingerprint density at radius 3 is 2.50 bits per heavy atom. The molecule has 1 amide bonds. The van der Waals surface area contributed by atoms with Crippen LogP contribution in [0.25, 0.3) is 0 Å². The van der Waals surface area contributed by atoms with Crippen molar-refractivity contribution < 1.29 is 23.9 Å². The molecule has 0 saturated heterocycles. The summed E-state index contributed by atoms with van der Waals surface area (Å²) >= 11 is 0. The van der Waals surface area contributed by atoms with E-state index >= 15 is 0 Å². The average Bonchev–Trinajstić information content (AvgIpc) is 2.93. The third-order valence-electron chi connectivity index (χ3n) is 5.81. The van der Waals surface area contributed by atoms with Gasteiger partial charge in [-0.05, 0) is 51.5 Å². The Labute approximate surface area is 166 Å². The minimum absolute atomic E-state index is 0.0993. The zero-order valence-electron chi connectivity index (χ0n) is 17.7. The number of carbonyl (C=O) groups is 3. The molecule has 0 unspecified atom stereocenters. The number of carbonyl (C=O) groups excluding carboxylic acids is 3. The molecule has 156 valence electrons. The molecule has 1 aromatic rings. The summed E-state index contributed by atoms with van der Waals surface area (Å²) in [6, 6.07) is 0.0993. The maximum Gasteiger partial charge on any atom is 0.355 e. The average molecular weight is 392 g/mol. The van der Waals surface area contributed by atoms with Gasteiger partial charge in [-0.15, -0.1) is 0 Å². The van der Waals surface area contributed by atoms with Crippen molar-refractivity contribution in [2.45, 2.75) is 73.0 Å². The Morgan fingerprint density at radius 1 is 1.18 bits per heavy atom. The molecule has 28 heavy (non-hydrogen) atoms. The summed E-state index contributed by atoms with van der Waals surface area (Å²) in [7, 11) is 0. The molecule has 4 atom stereocenters. The lowest BCUT2D eigenvalue weighted by Gasteiger charge is -2.35. The number of amides is 1. The normalized spacial score (nSPS) is 23.0. The van der Waals surface area contributed by atoms with Gasteiger partial charge in [-0.25, -0.2) is 9.59 Å². The highest BCUT2D eigenvalue weighted by Gasteiger charge is 2.31. The molecule has 7 heteroatoms. The fourth-order valence-electron chi connectivity index (χ4n) is 3.82. The number of hydrogen-bond acceptors (Lipinski definition) is 5. The summed E-state index contributed by atoms with van der Waals surface area (Å²) in [6.45, 7) is 11.2. The summed E-state index contributed by atoms with van der Waals surface area (Å²) in [4.78, 5) is 40.0. The lowest BCUT2D eigenvalue weighted by Crippen LogP contribution is -2.47. The van der Waals surface area contributed by atoms with Crippen molar-refractivity contribution in [3.8, 4) is 0 Å². The van der Waals surface area contributed by atoms with Crippen LogP contribution in [0.4, 0.5) is 0 Å². The maximum atomic E-state index is 12.5. The van der Waals surface area contributed by atoms with E-state index in [0.29, 0.717) is 28.7 Å². The van der Waals surface area contributed by atoms with Crippen molar-refractivity contribution in [3.05, 3.63) is 22.5 Å². The minimum Gasteiger partial charge on any atom is -0.462 e. The number of ether oxygens (including phenoxy) is 2. The molecule has 7 nitrogen and oxygen atoms in total. The highest BCUT2D eigenvalue weighted by molar-refractivity contribution is 5.99. The summed E-state index contributed by atoms with van der Waals surface area (Å²) in [5, 5.41) is 3.02. The van der Waals surface area contributed by atoms with Crippen LogP contribution in [-0.2, 0) is 14.3 Å². The molecule has 0 bridgehead atoms. The number of nitrogens with one attached hydrogen (secondary N) is 2. The van der Waals surface area contributed by atoms with E-state index in [9.17, 15) is 14.4 Å². The van der Waals surface area contributed by atoms with Gasteiger partial charge in [-0.1, -0.05) is 26.7 Å². The maximum absolute atomic E-state index is 12.5. The Balaban J connectivity index is 2.03. The van der Waals surface area contributed by atoms with Crippen LogP contribution in [0.2, 0.25) is 0 Å². The predicted octanol–water partition coefficient (Wildman–Crippen LogP) is 3.29. The first-order chi connectivity index (χ1) is 13.2. The smallest absolute Gasteiger partial charge is 0.355 e. The second-order valence-electron chi connectivity index (χ2n) is 7.78. The van der Waals surface area contributed by atoms with Gasteiger partial charge < -0.3 is 19.8 Å². The van der Waals surface area contributed by atoms with Crippen molar-refractivity contribution in [1.29, 1.82) is 0 Å². The van der Waals surface area contributed by atoms with Gasteiger partial charge in [0.2, 0.25) is 0 Å². The predicted molar refractivity (Wildman–Crippen MR) is 105 cm³/mol. The molecule has 1 aliphatic carbocycles. The molecule has 0 aliphatic heterocycles. The lowest BCUT2D eigenvalue weighted by molar-refractivity contribution is -0.130. The zero-order valence-corrected chi connectivity index (χ0v) is 17.7. The van der Waals surface area contributed by atoms with Gasteiger partial charge >= 0.3 is 11.9 Å². The van der Waals surface area contributed by atoms with E-state index in [1.807, 2.05) is 0 Å². The number of aryl methyl sites for hydroxylation is 1. The minimum atomic E-state index is -0.925. The Bertz CT molecular complexity index is 739. The summed E-state index contributed by atoms with van der Waals surface area (Å²) < 4.78 is 10.4. The SMILES string of the molecule is CCOC(=O)c1c(C)[nH]c(C(=O)O[C@H](C)C(=O)N[C@@H]2CCC[C@H](C)[C@@H]2C)c1C. The fourth-order valence-corrected chi connectivity index (χ4v) is 3.82. The third kappa shape index (κ3) is 4.75. The van der Waals surface area contributed by atoms with Crippen LogP contribution in [0.3, 0.4) is 0 Å². The molecule has 1 aromatic heterocycles. The molecule has 2 N–H and O–H groups in total. The summed E-state index contributed by atoms with van der Waals surface area (Å²) in [6.07, 6.45) is 2.27. The molecule has 0 radical (unpaired) electrons. The van der Waals surface area contributed by atoms with Crippen LogP contribution in [0.15, 0.2) is 0 Å². The van der Waals surface area contributed by atoms with E-state index in [4.69, 9.17) is 9.47 Å². The Kier molecular flexibility index (Phi) is 7.27. The van der Waals surface area contributed by atoms with Crippen molar-refractivity contribution in [1.82, 2.24) is 10.3 Å². The third-order valence-corrected chi connectivity index (χ3v) is 5.81. The number of esters is 2. The molecule has 1 heterocycles. The van der Waals surface area contributed by atoms with E-state index in [2.05, 4.69) is 24.1 Å². The van der Waals surface area contributed by atoms with Crippen LogP contribution in [-0.4, -0.2) is 41.6 Å². The molecular weight excluding hydrogens is 360 g/mol. The number of hydrogen-bond donors (Lipinski definition) is 2. The first kappa shape index (κ1) is 22.0. The molecule has 0 spiro atoms. The molecule has 1 aliphatic rings. The quantitative estimate of drug-likeness (QED) is 0.724. The zero-order chi connectivity index (χ0) is 21.0. The van der Waals surface area contributed by atoms with E-state index in [-0.39, 0.29) is 24.2 Å². The lowest BCUT2D eigenvalue weighted by atomic mass is 9.78. The fraction of sp³-hybridized carbons (Fsp3) is 0.667. The molecule has 1 saturated carbocycles. The van der Waals surface area contributed by atoms with Gasteiger partial charge in [0.05, 0.1) is 12.2 Å². The second kappa shape index (κ2) is 9.26. The first-order valence-corrected chi connectivity index (χ1v) is 10.0. The van der Waals surface area contributed by atoms with Crippen molar-refractivity contribution in [2.75, 3.05) is 6.61 Å². The monoisotopic (exact) mass is 392 g/mol. The van der Waals surface area contributed by atoms with E-state index in [0.717, 1.165) is 12.8 Å². The number of aromatic amines is 1. The Morgan fingerprint density at radius 2 is 1.86 bits per heavy atom. The van der Waals surface area contributed by atoms with Crippen LogP contribution in [0.1, 0.15) is 79.1 Å². The molecular formula is C21H32N2O5. The number of rotatable bonds is 6. The standard InChI is InChI=1S/C21H32N2O5/c1-7-27-20(25)17-13(4)18(22-14(17)5)21(26)28-15(6)19(24)23-16-10-8-9-11(2)12(16)3/h11-12,15-16,22H,7-10H2,1-6H3,(H,23,24)/t11-,12-,15+,16+/m0/s1. The largest absolute Gasteiger partial charge is 0.462 e. The van der Waals surface area contributed by atoms with Crippen LogP contribution < -0.4 is 5.32 Å². The van der Waals surface area contributed by atoms with E-state index in [1.165, 1.54) is 6.42 Å². The number of aromatic nitrogens is 1. The summed E-state index contributed by atoms with van der Waals surface area (Å²) in [5.74, 6) is -0.502. The van der Waals surface area contributed by atoms with Gasteiger partial charge in [0.25, 0.3) is 5.91 Å². The molecule has 0 aromatic carbocycles. The van der Waals surface area contributed by atoms with Crippen LogP contribution in [0, 0.1) is 25.7 Å². The molecule has 2 rings (SSSR count). The van der Waals surface area contributed by atoms with Gasteiger partial charge in [-0.2, -0.15) is 0 Å². The highest BCUT2D eigenvalue weighted by atomic mass is 16.5. The topological polar surface area (TPSA) is 97.5 Å². The summed E-state index contributed by atoms with van der Waals surface area (Å²) in [5.41, 5.74) is 1.49. The highest BCUT2D eigenvalue weighted by Crippen LogP contribution is 2.29. The Hall–Kier alpha value is -2.31. The van der Waals surface area contributed by atoms with Crippen LogP contribution in [0.5, 0.6) is 0 Å². The van der Waals surface area contributed by atoms with Gasteiger partial charge in [0.15, 0.2) is 6.10 Å². The van der Waals surface area contributed by atoms with Crippen LogP contribution >= 0.6 is 0 Å². The van der Waals surface area contributed by atoms with E-state index in [1.54, 1.807) is 27.7 Å². The molecule has 1 fully saturated rings. The second-order valence-corrected chi connectivity index (χ2v) is 7.78. The van der Waals surface area contributed by atoms with E-state index < -0.39 is 18.0 Å². The number of H-pyrrole nitrogens is 1. The van der Waals surface area contributed by atoms with Crippen molar-refractivity contribution >= 4 is 17.8 Å².